The lowest BCUT2D eigenvalue weighted by Crippen LogP contribution is -2.00. The van der Waals surface area contributed by atoms with E-state index in [1.807, 2.05) is 12.2 Å². The van der Waals surface area contributed by atoms with Gasteiger partial charge in [0.2, 0.25) is 0 Å². The quantitative estimate of drug-likeness (QED) is 0.281. The van der Waals surface area contributed by atoms with E-state index in [2.05, 4.69) is 4.74 Å². The standard InChI is InChI=1S/C16H22O4/c1-19-16(18)11-8-14-6-9-15(10-7-14)20-13-5-3-2-4-12-17/h6,8-9,11-12H,2-5,7,10,13H2,1H3/b11-8+. The first-order chi connectivity index (χ1) is 9.76. The minimum absolute atomic E-state index is 0.341. The summed E-state index contributed by atoms with van der Waals surface area (Å²) in [7, 11) is 1.36. The Morgan fingerprint density at radius 3 is 2.75 bits per heavy atom. The summed E-state index contributed by atoms with van der Waals surface area (Å²) in [4.78, 5) is 21.1. The van der Waals surface area contributed by atoms with Crippen LogP contribution in [-0.4, -0.2) is 26.0 Å². The van der Waals surface area contributed by atoms with Gasteiger partial charge in [0.25, 0.3) is 0 Å². The third-order valence-corrected chi connectivity index (χ3v) is 3.03. The van der Waals surface area contributed by atoms with E-state index in [4.69, 9.17) is 4.74 Å². The predicted molar refractivity (Wildman–Crippen MR) is 77.0 cm³/mol. The minimum atomic E-state index is -0.341. The molecule has 0 aromatic heterocycles. The average molecular weight is 278 g/mol. The molecule has 1 aliphatic rings. The molecule has 0 aromatic rings. The number of hydrogen-bond acceptors (Lipinski definition) is 4. The van der Waals surface area contributed by atoms with Crippen molar-refractivity contribution in [1.29, 1.82) is 0 Å². The Bertz CT molecular complexity index is 405. The molecule has 0 aromatic carbocycles. The monoisotopic (exact) mass is 278 g/mol. The highest BCUT2D eigenvalue weighted by atomic mass is 16.5. The number of rotatable bonds is 9. The number of hydrogen-bond donors (Lipinski definition) is 0. The molecule has 0 radical (unpaired) electrons. The Morgan fingerprint density at radius 2 is 2.10 bits per heavy atom. The van der Waals surface area contributed by atoms with Gasteiger partial charge < -0.3 is 14.3 Å². The fraction of sp³-hybridized carbons (Fsp3) is 0.500. The lowest BCUT2D eigenvalue weighted by molar-refractivity contribution is -0.134. The lowest BCUT2D eigenvalue weighted by Gasteiger charge is -2.14. The van der Waals surface area contributed by atoms with Crippen LogP contribution in [0.3, 0.4) is 0 Å². The van der Waals surface area contributed by atoms with E-state index in [0.29, 0.717) is 13.0 Å². The van der Waals surface area contributed by atoms with Crippen LogP contribution in [0.15, 0.2) is 35.6 Å². The fourth-order valence-electron chi connectivity index (χ4n) is 1.85. The molecule has 110 valence electrons. The molecule has 20 heavy (non-hydrogen) atoms. The summed E-state index contributed by atoms with van der Waals surface area (Å²) < 4.78 is 10.2. The number of ether oxygens (including phenoxy) is 2. The van der Waals surface area contributed by atoms with Crippen LogP contribution in [0.25, 0.3) is 0 Å². The highest BCUT2D eigenvalue weighted by molar-refractivity contribution is 5.82. The third kappa shape index (κ3) is 6.92. The maximum absolute atomic E-state index is 11.0. The molecule has 4 nitrogen and oxygen atoms in total. The molecule has 0 bridgehead atoms. The van der Waals surface area contributed by atoms with E-state index in [9.17, 15) is 9.59 Å². The van der Waals surface area contributed by atoms with Crippen LogP contribution in [0, 0.1) is 0 Å². The number of esters is 1. The summed E-state index contributed by atoms with van der Waals surface area (Å²) in [6.07, 6.45) is 13.4. The smallest absolute Gasteiger partial charge is 0.330 e. The van der Waals surface area contributed by atoms with Gasteiger partial charge in [0, 0.05) is 18.9 Å². The second-order valence-corrected chi connectivity index (χ2v) is 4.60. The first kappa shape index (κ1) is 16.2. The molecule has 0 saturated heterocycles. The van der Waals surface area contributed by atoms with Gasteiger partial charge in [0.05, 0.1) is 19.5 Å². The Kier molecular flexibility index (Phi) is 8.11. The SMILES string of the molecule is COC(=O)/C=C/C1=CC=C(OCCCCCC=O)CC1. The van der Waals surface area contributed by atoms with Crippen LogP contribution in [0.4, 0.5) is 0 Å². The molecule has 0 atom stereocenters. The molecule has 0 saturated carbocycles. The molecular formula is C16H22O4. The summed E-state index contributed by atoms with van der Waals surface area (Å²) in [5.41, 5.74) is 1.09. The van der Waals surface area contributed by atoms with Gasteiger partial charge in [-0.1, -0.05) is 12.2 Å². The van der Waals surface area contributed by atoms with Crippen molar-refractivity contribution in [2.45, 2.75) is 38.5 Å². The summed E-state index contributed by atoms with van der Waals surface area (Å²) in [6, 6.07) is 0. The molecular weight excluding hydrogens is 256 g/mol. The van der Waals surface area contributed by atoms with E-state index in [1.54, 1.807) is 6.08 Å². The largest absolute Gasteiger partial charge is 0.498 e. The van der Waals surface area contributed by atoms with E-state index in [-0.39, 0.29) is 5.97 Å². The Labute approximate surface area is 120 Å². The number of unbranched alkanes of at least 4 members (excludes halogenated alkanes) is 3. The molecule has 0 unspecified atom stereocenters. The minimum Gasteiger partial charge on any atom is -0.498 e. The van der Waals surface area contributed by atoms with Crippen LogP contribution in [-0.2, 0) is 19.1 Å². The second kappa shape index (κ2) is 10.0. The van der Waals surface area contributed by atoms with Crippen molar-refractivity contribution in [2.24, 2.45) is 0 Å². The zero-order valence-corrected chi connectivity index (χ0v) is 12.0. The van der Waals surface area contributed by atoms with Crippen LogP contribution < -0.4 is 0 Å². The number of carbonyl (C=O) groups excluding carboxylic acids is 2. The number of allylic oxidation sites excluding steroid dienone is 5. The molecule has 0 amide bonds. The van der Waals surface area contributed by atoms with Crippen molar-refractivity contribution < 1.29 is 19.1 Å². The van der Waals surface area contributed by atoms with Gasteiger partial charge in [-0.25, -0.2) is 4.79 Å². The molecule has 1 aliphatic carbocycles. The van der Waals surface area contributed by atoms with E-state index in [0.717, 1.165) is 49.7 Å². The molecule has 0 fully saturated rings. The summed E-state index contributed by atoms with van der Waals surface area (Å²) in [6.45, 7) is 0.700. The first-order valence-corrected chi connectivity index (χ1v) is 6.98. The van der Waals surface area contributed by atoms with E-state index in [1.165, 1.54) is 13.2 Å². The highest BCUT2D eigenvalue weighted by Gasteiger charge is 2.06. The predicted octanol–water partition coefficient (Wildman–Crippen LogP) is 3.10. The van der Waals surface area contributed by atoms with Gasteiger partial charge in [-0.3, -0.25) is 0 Å². The van der Waals surface area contributed by atoms with Crippen LogP contribution >= 0.6 is 0 Å². The zero-order chi connectivity index (χ0) is 14.6. The van der Waals surface area contributed by atoms with Crippen molar-refractivity contribution in [2.75, 3.05) is 13.7 Å². The van der Waals surface area contributed by atoms with Gasteiger partial charge in [-0.2, -0.15) is 0 Å². The normalized spacial score (nSPS) is 14.7. The Morgan fingerprint density at radius 1 is 1.25 bits per heavy atom. The van der Waals surface area contributed by atoms with Crippen LogP contribution in [0.5, 0.6) is 0 Å². The third-order valence-electron chi connectivity index (χ3n) is 3.03. The molecule has 1 rings (SSSR count). The maximum atomic E-state index is 11.0. The van der Waals surface area contributed by atoms with Crippen molar-refractivity contribution in [3.05, 3.63) is 35.6 Å². The summed E-state index contributed by atoms with van der Waals surface area (Å²) in [5.74, 6) is 0.642. The Hall–Kier alpha value is -1.84. The van der Waals surface area contributed by atoms with Gasteiger partial charge in [0.1, 0.15) is 6.29 Å². The first-order valence-electron chi connectivity index (χ1n) is 6.98. The second-order valence-electron chi connectivity index (χ2n) is 4.60. The zero-order valence-electron chi connectivity index (χ0n) is 12.0. The van der Waals surface area contributed by atoms with Gasteiger partial charge in [0.15, 0.2) is 0 Å². The molecule has 0 aliphatic heterocycles. The van der Waals surface area contributed by atoms with Crippen molar-refractivity contribution in [3.63, 3.8) is 0 Å². The van der Waals surface area contributed by atoms with Crippen molar-refractivity contribution in [3.8, 4) is 0 Å². The fourth-order valence-corrected chi connectivity index (χ4v) is 1.85. The number of carbonyl (C=O) groups is 2. The van der Waals surface area contributed by atoms with Crippen LogP contribution in [0.1, 0.15) is 38.5 Å². The average Bonchev–Trinajstić information content (AvgIpc) is 2.49. The van der Waals surface area contributed by atoms with Gasteiger partial charge in [-0.05, 0) is 37.3 Å². The van der Waals surface area contributed by atoms with Crippen molar-refractivity contribution in [1.82, 2.24) is 0 Å². The molecule has 0 spiro atoms. The highest BCUT2D eigenvalue weighted by Crippen LogP contribution is 2.20. The van der Waals surface area contributed by atoms with Gasteiger partial charge in [-0.15, -0.1) is 0 Å². The number of aldehydes is 1. The van der Waals surface area contributed by atoms with E-state index >= 15 is 0 Å². The van der Waals surface area contributed by atoms with Gasteiger partial charge >= 0.3 is 5.97 Å². The topological polar surface area (TPSA) is 52.6 Å². The Balaban J connectivity index is 2.24. The molecule has 0 heterocycles. The molecule has 4 heteroatoms. The lowest BCUT2D eigenvalue weighted by atomic mass is 10.0. The summed E-state index contributed by atoms with van der Waals surface area (Å²) >= 11 is 0. The van der Waals surface area contributed by atoms with E-state index < -0.39 is 0 Å². The van der Waals surface area contributed by atoms with Crippen LogP contribution in [0.2, 0.25) is 0 Å². The number of methoxy groups -OCH3 is 1. The van der Waals surface area contributed by atoms with Crippen molar-refractivity contribution >= 4 is 12.3 Å². The maximum Gasteiger partial charge on any atom is 0.330 e. The summed E-state index contributed by atoms with van der Waals surface area (Å²) in [5, 5.41) is 0. The molecule has 0 N–H and O–H groups in total.